The van der Waals surface area contributed by atoms with Gasteiger partial charge in [-0.05, 0) is 110 Å². The number of aromatic hydroxyl groups is 1. The Hall–Kier alpha value is -5.19. The number of aldehydes is 1. The zero-order valence-electron chi connectivity index (χ0n) is 33.6. The number of piperidine rings is 1. The number of aryl methyl sites for hydroxylation is 1. The first-order valence-corrected chi connectivity index (χ1v) is 21.1. The number of carbonyl (C=O) groups excluding carboxylic acids is 3. The fraction of sp³-hybridized carbons (Fsp3) is 0.438. The van der Waals surface area contributed by atoms with Crippen molar-refractivity contribution in [2.24, 2.45) is 0 Å². The van der Waals surface area contributed by atoms with Gasteiger partial charge in [0.25, 0.3) is 5.91 Å². The summed E-state index contributed by atoms with van der Waals surface area (Å²) >= 11 is 0. The second-order valence-electron chi connectivity index (χ2n) is 16.6. The minimum absolute atomic E-state index is 0.00292. The number of phenols is 1. The van der Waals surface area contributed by atoms with Gasteiger partial charge >= 0.3 is 0 Å². The molecule has 4 aliphatic heterocycles. The predicted octanol–water partition coefficient (Wildman–Crippen LogP) is 6.62. The molecule has 0 aromatic heterocycles. The van der Waals surface area contributed by atoms with E-state index in [4.69, 9.17) is 9.47 Å². The molecule has 58 heavy (non-hydrogen) atoms. The first-order valence-electron chi connectivity index (χ1n) is 21.1. The summed E-state index contributed by atoms with van der Waals surface area (Å²) in [5, 5.41) is 15.6. The van der Waals surface area contributed by atoms with Crippen molar-refractivity contribution >= 4 is 23.8 Å². The molecule has 10 nitrogen and oxygen atoms in total. The first kappa shape index (κ1) is 39.6. The van der Waals surface area contributed by atoms with Gasteiger partial charge in [0, 0.05) is 86.4 Å². The molecule has 2 atom stereocenters. The molecule has 0 bridgehead atoms. The highest BCUT2D eigenvalue weighted by atomic mass is 16.5. The number of rotatable bonds is 12. The van der Waals surface area contributed by atoms with Crippen molar-refractivity contribution in [2.75, 3.05) is 57.9 Å². The maximum absolute atomic E-state index is 12.1. The highest BCUT2D eigenvalue weighted by Gasteiger charge is 2.45. The maximum Gasteiger partial charge on any atom is 0.252 e. The number of amides is 2. The summed E-state index contributed by atoms with van der Waals surface area (Å²) in [6, 6.07) is 30.2. The van der Waals surface area contributed by atoms with Gasteiger partial charge in [-0.15, -0.1) is 0 Å². The number of carbonyl (C=O) groups is 3. The number of fused-ring (bicyclic) bond motifs is 5. The third-order valence-electron chi connectivity index (χ3n) is 13.1. The number of nitrogens with zero attached hydrogens (tertiary/aromatic N) is 2. The van der Waals surface area contributed by atoms with Gasteiger partial charge in [-0.3, -0.25) is 9.59 Å². The van der Waals surface area contributed by atoms with Crippen molar-refractivity contribution in [1.82, 2.24) is 15.5 Å². The lowest BCUT2D eigenvalue weighted by molar-refractivity contribution is -0.120. The second-order valence-corrected chi connectivity index (χ2v) is 16.6. The average Bonchev–Trinajstić information content (AvgIpc) is 3.80. The summed E-state index contributed by atoms with van der Waals surface area (Å²) in [5.41, 5.74) is 9.82. The summed E-state index contributed by atoms with van der Waals surface area (Å²) in [6.45, 7) is 7.22. The van der Waals surface area contributed by atoms with Crippen LogP contribution in [0.2, 0.25) is 0 Å². The van der Waals surface area contributed by atoms with Crippen LogP contribution in [0.5, 0.6) is 11.5 Å². The van der Waals surface area contributed by atoms with Gasteiger partial charge < -0.3 is 39.8 Å². The Morgan fingerprint density at radius 2 is 1.79 bits per heavy atom. The van der Waals surface area contributed by atoms with Crippen LogP contribution in [0.15, 0.2) is 84.9 Å². The molecule has 1 spiro atoms. The standard InChI is InChI=1S/C42H45N3O4.C6H11NO2/c46-32-12-14-35-30(23-32)9-13-34(28-5-2-1-3-6-28)39(35)29-7-10-31(11-8-29)45-25-33(26-45)48-22-4-19-44-20-17-42(18-21-44)27-49-40-37-24-43-41(47)36(37)15-16-38(40)42;1-7-6(9)4-2-3-5-8/h1-3,5-8,10-12,14-16,23,33-34,39,46H,4,9,13,17-22,24-27H2,(H,43,47);5H,2-4H2,1H3,(H,7,9). The van der Waals surface area contributed by atoms with Crippen LogP contribution in [0.4, 0.5) is 5.69 Å². The fourth-order valence-electron chi connectivity index (χ4n) is 9.70. The lowest BCUT2D eigenvalue weighted by Gasteiger charge is -2.41. The Morgan fingerprint density at radius 1 is 1.00 bits per heavy atom. The van der Waals surface area contributed by atoms with E-state index in [0.29, 0.717) is 43.6 Å². The van der Waals surface area contributed by atoms with Gasteiger partial charge in [-0.1, -0.05) is 54.6 Å². The normalized spacial score (nSPS) is 20.4. The molecule has 1 aliphatic carbocycles. The summed E-state index contributed by atoms with van der Waals surface area (Å²) in [6.07, 6.45) is 8.01. The van der Waals surface area contributed by atoms with Crippen molar-refractivity contribution in [3.63, 3.8) is 0 Å². The van der Waals surface area contributed by atoms with Crippen molar-refractivity contribution < 1.29 is 29.0 Å². The van der Waals surface area contributed by atoms with Crippen LogP contribution < -0.4 is 20.3 Å². The van der Waals surface area contributed by atoms with E-state index in [0.717, 1.165) is 101 Å². The molecule has 9 rings (SSSR count). The van der Waals surface area contributed by atoms with Crippen molar-refractivity contribution in [2.45, 2.75) is 81.3 Å². The minimum atomic E-state index is -0.00292. The lowest BCUT2D eigenvalue weighted by atomic mass is 9.69. The number of anilines is 1. The zero-order valence-corrected chi connectivity index (χ0v) is 33.6. The monoisotopic (exact) mass is 784 g/mol. The average molecular weight is 785 g/mol. The number of benzene rings is 4. The van der Waals surface area contributed by atoms with E-state index in [1.165, 1.54) is 33.5 Å². The van der Waals surface area contributed by atoms with Crippen LogP contribution in [-0.2, 0) is 32.7 Å². The number of likely N-dealkylation sites (tertiary alicyclic amines) is 1. The van der Waals surface area contributed by atoms with E-state index < -0.39 is 0 Å². The largest absolute Gasteiger partial charge is 0.508 e. The van der Waals surface area contributed by atoms with E-state index in [1.54, 1.807) is 7.05 Å². The molecule has 2 saturated heterocycles. The van der Waals surface area contributed by atoms with E-state index in [-0.39, 0.29) is 23.1 Å². The third kappa shape index (κ3) is 8.36. The highest BCUT2D eigenvalue weighted by Crippen LogP contribution is 2.49. The summed E-state index contributed by atoms with van der Waals surface area (Å²) in [4.78, 5) is 37.3. The van der Waals surface area contributed by atoms with Crippen LogP contribution in [0.1, 0.15) is 101 Å². The van der Waals surface area contributed by atoms with Crippen LogP contribution in [0, 0.1) is 0 Å². The van der Waals surface area contributed by atoms with Gasteiger partial charge in [0.2, 0.25) is 5.91 Å². The number of ether oxygens (including phenoxy) is 2. The molecule has 10 heteroatoms. The molecule has 2 fully saturated rings. The Morgan fingerprint density at radius 3 is 2.55 bits per heavy atom. The van der Waals surface area contributed by atoms with Gasteiger partial charge in [-0.2, -0.15) is 0 Å². The van der Waals surface area contributed by atoms with E-state index >= 15 is 0 Å². The molecule has 5 aliphatic rings. The molecular weight excluding hydrogens is 729 g/mol. The molecule has 304 valence electrons. The van der Waals surface area contributed by atoms with E-state index in [2.05, 4.69) is 87.2 Å². The fourth-order valence-corrected chi connectivity index (χ4v) is 9.70. The molecule has 2 amide bonds. The smallest absolute Gasteiger partial charge is 0.252 e. The molecule has 4 heterocycles. The number of unbranched alkanes of at least 4 members (excludes halogenated alkanes) is 1. The number of hydrogen-bond acceptors (Lipinski definition) is 8. The van der Waals surface area contributed by atoms with Crippen molar-refractivity contribution in [3.8, 4) is 11.5 Å². The molecule has 0 radical (unpaired) electrons. The first-order chi connectivity index (χ1) is 28.4. The minimum Gasteiger partial charge on any atom is -0.508 e. The Bertz CT molecular complexity index is 2070. The molecule has 4 aromatic rings. The predicted molar refractivity (Wildman–Crippen MR) is 225 cm³/mol. The van der Waals surface area contributed by atoms with Gasteiger partial charge in [0.15, 0.2) is 0 Å². The van der Waals surface area contributed by atoms with Crippen LogP contribution in [0.25, 0.3) is 0 Å². The Labute approximate surface area is 341 Å². The molecule has 2 unspecified atom stereocenters. The van der Waals surface area contributed by atoms with Crippen LogP contribution >= 0.6 is 0 Å². The van der Waals surface area contributed by atoms with Crippen LogP contribution in [-0.4, -0.2) is 87.2 Å². The summed E-state index contributed by atoms with van der Waals surface area (Å²) in [7, 11) is 1.59. The quantitative estimate of drug-likeness (QED) is 0.108. The molecule has 0 saturated carbocycles. The maximum atomic E-state index is 12.1. The number of phenolic OH excluding ortho intramolecular Hbond substituents is 1. The molecule has 3 N–H and O–H groups in total. The van der Waals surface area contributed by atoms with Gasteiger partial charge in [0.1, 0.15) is 17.8 Å². The Kier molecular flexibility index (Phi) is 12.1. The molecule has 4 aromatic carbocycles. The van der Waals surface area contributed by atoms with Crippen molar-refractivity contribution in [1.29, 1.82) is 0 Å². The second kappa shape index (κ2) is 17.7. The number of hydrogen-bond donors (Lipinski definition) is 3. The molecular formula is C48H56N4O6. The van der Waals surface area contributed by atoms with E-state index in [1.807, 2.05) is 18.2 Å². The number of nitrogens with one attached hydrogen (secondary N) is 2. The topological polar surface area (TPSA) is 120 Å². The third-order valence-corrected chi connectivity index (χ3v) is 13.1. The van der Waals surface area contributed by atoms with Crippen LogP contribution in [0.3, 0.4) is 0 Å². The van der Waals surface area contributed by atoms with Crippen molar-refractivity contribution in [3.05, 3.63) is 124 Å². The zero-order chi connectivity index (χ0) is 40.1. The van der Waals surface area contributed by atoms with Gasteiger partial charge in [-0.25, -0.2) is 0 Å². The summed E-state index contributed by atoms with van der Waals surface area (Å²) in [5.74, 6) is 2.02. The van der Waals surface area contributed by atoms with Gasteiger partial charge in [0.05, 0.1) is 12.7 Å². The lowest BCUT2D eigenvalue weighted by Crippen LogP contribution is -2.52. The SMILES string of the molecule is CNC(=O)CCCC=O.O=C1NCc2c1ccc1c2OCC12CCN(CCCOC1CN(c3ccc(C4c5ccc(O)cc5CCC4c4ccccc4)cc3)C1)CC2. The Balaban J connectivity index is 0.000000469. The summed E-state index contributed by atoms with van der Waals surface area (Å²) < 4.78 is 12.5. The van der Waals surface area contributed by atoms with E-state index in [9.17, 15) is 19.5 Å². The highest BCUT2D eigenvalue weighted by molar-refractivity contribution is 5.99.